The highest BCUT2D eigenvalue weighted by Crippen LogP contribution is 2.17. The van der Waals surface area contributed by atoms with Gasteiger partial charge in [0.2, 0.25) is 0 Å². The lowest BCUT2D eigenvalue weighted by Crippen LogP contribution is -2.36. The van der Waals surface area contributed by atoms with Crippen LogP contribution in [0.5, 0.6) is 5.75 Å². The number of nitrogens with zero attached hydrogens (tertiary/aromatic N) is 1. The lowest BCUT2D eigenvalue weighted by Gasteiger charge is -2.16. The summed E-state index contributed by atoms with van der Waals surface area (Å²) in [4.78, 5) is 35.1. The summed E-state index contributed by atoms with van der Waals surface area (Å²) in [6.07, 6.45) is 0. The van der Waals surface area contributed by atoms with E-state index in [-0.39, 0.29) is 24.5 Å². The molecule has 0 aliphatic rings. The minimum atomic E-state index is -0.643. The van der Waals surface area contributed by atoms with E-state index in [1.807, 2.05) is 0 Å². The number of carbonyl (C=O) groups is 3. The van der Waals surface area contributed by atoms with Gasteiger partial charge in [-0.05, 0) is 12.1 Å². The quantitative estimate of drug-likeness (QED) is 0.727. The first kappa shape index (κ1) is 15.5. The molecule has 1 aromatic carbocycles. The number of amides is 2. The van der Waals surface area contributed by atoms with E-state index in [4.69, 9.17) is 10.5 Å². The van der Waals surface area contributed by atoms with Crippen molar-refractivity contribution in [3.63, 3.8) is 0 Å². The van der Waals surface area contributed by atoms with Gasteiger partial charge in [0, 0.05) is 7.05 Å². The molecule has 0 bridgehead atoms. The fourth-order valence-corrected chi connectivity index (χ4v) is 1.39. The topological polar surface area (TPSA) is 98.9 Å². The second-order valence-corrected chi connectivity index (χ2v) is 3.98. The molecule has 0 saturated heterocycles. The molecule has 0 unspecified atom stereocenters. The molecule has 2 amide bonds. The number of hydrogen-bond donors (Lipinski definition) is 1. The molecule has 2 N–H and O–H groups in total. The monoisotopic (exact) mass is 280 g/mol. The Kier molecular flexibility index (Phi) is 5.52. The van der Waals surface area contributed by atoms with Gasteiger partial charge < -0.3 is 20.1 Å². The van der Waals surface area contributed by atoms with E-state index in [9.17, 15) is 14.4 Å². The normalized spacial score (nSPS) is 9.70. The molecule has 0 aliphatic carbocycles. The van der Waals surface area contributed by atoms with Crippen LogP contribution in [0, 0.1) is 0 Å². The number of primary amides is 1. The Balaban J connectivity index is 2.61. The number of likely N-dealkylation sites (N-methyl/N-ethyl adjacent to an activating group) is 1. The van der Waals surface area contributed by atoms with E-state index < -0.39 is 17.8 Å². The molecule has 0 heterocycles. The van der Waals surface area contributed by atoms with E-state index in [0.717, 1.165) is 0 Å². The third kappa shape index (κ3) is 4.27. The Hall–Kier alpha value is -2.57. The second kappa shape index (κ2) is 7.13. The predicted molar refractivity (Wildman–Crippen MR) is 70.1 cm³/mol. The summed E-state index contributed by atoms with van der Waals surface area (Å²) in [7, 11) is 2.68. The van der Waals surface area contributed by atoms with Gasteiger partial charge in [0.1, 0.15) is 12.3 Å². The Morgan fingerprint density at radius 3 is 2.50 bits per heavy atom. The number of nitrogens with two attached hydrogens (primary N) is 1. The van der Waals surface area contributed by atoms with Gasteiger partial charge in [0.15, 0.2) is 6.61 Å². The first-order chi connectivity index (χ1) is 9.45. The molecule has 0 saturated carbocycles. The molecule has 7 heteroatoms. The van der Waals surface area contributed by atoms with Gasteiger partial charge in [-0.3, -0.25) is 14.4 Å². The molecule has 0 atom stereocenters. The van der Waals surface area contributed by atoms with Gasteiger partial charge in [-0.1, -0.05) is 12.1 Å². The average molecular weight is 280 g/mol. The van der Waals surface area contributed by atoms with E-state index in [1.165, 1.54) is 31.2 Å². The number of carbonyl (C=O) groups excluding carboxylic acids is 3. The highest BCUT2D eigenvalue weighted by Gasteiger charge is 2.15. The number of methoxy groups -OCH3 is 1. The molecule has 0 spiro atoms. The third-order valence-corrected chi connectivity index (χ3v) is 2.52. The highest BCUT2D eigenvalue weighted by atomic mass is 16.5. The molecule has 0 aromatic heterocycles. The summed E-state index contributed by atoms with van der Waals surface area (Å²) >= 11 is 0. The van der Waals surface area contributed by atoms with Crippen LogP contribution in [0.15, 0.2) is 24.3 Å². The molecule has 0 fully saturated rings. The fraction of sp³-hybridized carbons (Fsp3) is 0.308. The van der Waals surface area contributed by atoms with E-state index in [1.54, 1.807) is 12.1 Å². The largest absolute Gasteiger partial charge is 0.483 e. The van der Waals surface area contributed by atoms with Crippen LogP contribution in [0.1, 0.15) is 10.4 Å². The van der Waals surface area contributed by atoms with Gasteiger partial charge in [-0.2, -0.15) is 0 Å². The van der Waals surface area contributed by atoms with Crippen LogP contribution in [0.4, 0.5) is 0 Å². The maximum absolute atomic E-state index is 11.7. The van der Waals surface area contributed by atoms with Crippen molar-refractivity contribution >= 4 is 17.8 Å². The zero-order valence-electron chi connectivity index (χ0n) is 11.3. The second-order valence-electron chi connectivity index (χ2n) is 3.98. The molecule has 108 valence electrons. The fourth-order valence-electron chi connectivity index (χ4n) is 1.39. The molecular formula is C13H16N2O5. The van der Waals surface area contributed by atoms with E-state index in [2.05, 4.69) is 4.74 Å². The zero-order chi connectivity index (χ0) is 15.1. The van der Waals surface area contributed by atoms with Crippen molar-refractivity contribution in [2.24, 2.45) is 5.73 Å². The first-order valence-corrected chi connectivity index (χ1v) is 5.78. The summed E-state index contributed by atoms with van der Waals surface area (Å²) in [5.41, 5.74) is 5.38. The number of para-hydroxylation sites is 1. The van der Waals surface area contributed by atoms with Crippen LogP contribution in [0.3, 0.4) is 0 Å². The van der Waals surface area contributed by atoms with Crippen molar-refractivity contribution in [1.29, 1.82) is 0 Å². The summed E-state index contributed by atoms with van der Waals surface area (Å²) in [6, 6.07) is 6.33. The summed E-state index contributed by atoms with van der Waals surface area (Å²) in [5.74, 6) is -1.37. The van der Waals surface area contributed by atoms with Crippen LogP contribution >= 0.6 is 0 Å². The molecule has 0 radical (unpaired) electrons. The Morgan fingerprint density at radius 2 is 1.90 bits per heavy atom. The van der Waals surface area contributed by atoms with Crippen molar-refractivity contribution in [2.45, 2.75) is 0 Å². The minimum Gasteiger partial charge on any atom is -0.483 e. The smallest absolute Gasteiger partial charge is 0.325 e. The van der Waals surface area contributed by atoms with Crippen molar-refractivity contribution in [3.05, 3.63) is 29.8 Å². The highest BCUT2D eigenvalue weighted by molar-refractivity contribution is 5.95. The van der Waals surface area contributed by atoms with E-state index >= 15 is 0 Å². The predicted octanol–water partition coefficient (Wildman–Crippen LogP) is -0.204. The standard InChI is InChI=1S/C13H16N2O5/c1-15(7-12(17)19-2)11(16)8-20-10-6-4-3-5-9(10)13(14)18/h3-6H,7-8H2,1-2H3,(H2,14,18). The van der Waals surface area contributed by atoms with Crippen LogP contribution in [0.25, 0.3) is 0 Å². The van der Waals surface area contributed by atoms with Crippen molar-refractivity contribution < 1.29 is 23.9 Å². The number of benzene rings is 1. The Labute approximate surface area is 116 Å². The average Bonchev–Trinajstić information content (AvgIpc) is 2.44. The summed E-state index contributed by atoms with van der Waals surface area (Å²) in [6.45, 7) is -0.478. The van der Waals surface area contributed by atoms with Crippen LogP contribution < -0.4 is 10.5 Å². The van der Waals surface area contributed by atoms with Gasteiger partial charge in [0.25, 0.3) is 11.8 Å². The number of rotatable bonds is 6. The van der Waals surface area contributed by atoms with Gasteiger partial charge in [-0.15, -0.1) is 0 Å². The van der Waals surface area contributed by atoms with Gasteiger partial charge in [-0.25, -0.2) is 0 Å². The van der Waals surface area contributed by atoms with Crippen molar-refractivity contribution in [3.8, 4) is 5.75 Å². The van der Waals surface area contributed by atoms with Crippen molar-refractivity contribution in [2.75, 3.05) is 27.3 Å². The Bertz CT molecular complexity index is 515. The van der Waals surface area contributed by atoms with Crippen LogP contribution in [-0.2, 0) is 14.3 Å². The molecule has 7 nitrogen and oxygen atoms in total. The van der Waals surface area contributed by atoms with Crippen LogP contribution in [0.2, 0.25) is 0 Å². The Morgan fingerprint density at radius 1 is 1.25 bits per heavy atom. The maximum atomic E-state index is 11.7. The number of esters is 1. The molecule has 20 heavy (non-hydrogen) atoms. The van der Waals surface area contributed by atoms with Crippen molar-refractivity contribution in [1.82, 2.24) is 4.90 Å². The molecule has 1 aromatic rings. The molecular weight excluding hydrogens is 264 g/mol. The SMILES string of the molecule is COC(=O)CN(C)C(=O)COc1ccccc1C(N)=O. The lowest BCUT2D eigenvalue weighted by atomic mass is 10.2. The van der Waals surface area contributed by atoms with E-state index in [0.29, 0.717) is 0 Å². The third-order valence-electron chi connectivity index (χ3n) is 2.52. The minimum absolute atomic E-state index is 0.170. The maximum Gasteiger partial charge on any atom is 0.325 e. The summed E-state index contributed by atoms with van der Waals surface area (Å²) < 4.78 is 9.70. The molecule has 1 rings (SSSR count). The van der Waals surface area contributed by atoms with Gasteiger partial charge in [0.05, 0.1) is 12.7 Å². The summed E-state index contributed by atoms with van der Waals surface area (Å²) in [5, 5.41) is 0. The van der Waals surface area contributed by atoms with Crippen LogP contribution in [-0.4, -0.2) is 50.0 Å². The lowest BCUT2D eigenvalue weighted by molar-refractivity contribution is -0.146. The number of ether oxygens (including phenoxy) is 2. The zero-order valence-corrected chi connectivity index (χ0v) is 11.3. The van der Waals surface area contributed by atoms with Gasteiger partial charge >= 0.3 is 5.97 Å². The first-order valence-electron chi connectivity index (χ1n) is 5.78. The number of hydrogen-bond acceptors (Lipinski definition) is 5. The molecule has 0 aliphatic heterocycles.